The minimum atomic E-state index is -0.983. The van der Waals surface area contributed by atoms with E-state index < -0.39 is 17.8 Å². The van der Waals surface area contributed by atoms with Crippen LogP contribution in [-0.2, 0) is 9.59 Å². The van der Waals surface area contributed by atoms with Gasteiger partial charge in [0.25, 0.3) is 0 Å². The maximum absolute atomic E-state index is 11.7. The second-order valence-electron chi connectivity index (χ2n) is 3.83. The Kier molecular flexibility index (Phi) is 2.59. The fourth-order valence-electron chi connectivity index (χ4n) is 1.90. The van der Waals surface area contributed by atoms with Gasteiger partial charge < -0.3 is 10.4 Å². The van der Waals surface area contributed by atoms with Gasteiger partial charge in [-0.25, -0.2) is 0 Å². The minimum Gasteiger partial charge on any atom is -0.481 e. The van der Waals surface area contributed by atoms with Crippen molar-refractivity contribution in [1.29, 1.82) is 0 Å². The number of amides is 1. The van der Waals surface area contributed by atoms with E-state index in [0.29, 0.717) is 16.3 Å². The molecule has 0 saturated heterocycles. The summed E-state index contributed by atoms with van der Waals surface area (Å²) in [4.78, 5) is 22.6. The number of nitrogens with one attached hydrogen (secondary N) is 1. The molecule has 1 heterocycles. The summed E-state index contributed by atoms with van der Waals surface area (Å²) in [6.07, 6.45) is 0. The number of aliphatic carboxylic acids is 1. The van der Waals surface area contributed by atoms with Gasteiger partial charge in [-0.2, -0.15) is 0 Å². The number of anilines is 1. The molecule has 0 fully saturated rings. The second-order valence-corrected chi connectivity index (χ2v) is 4.26. The van der Waals surface area contributed by atoms with Crippen LogP contribution in [0.25, 0.3) is 0 Å². The van der Waals surface area contributed by atoms with Gasteiger partial charge >= 0.3 is 5.97 Å². The molecule has 2 N–H and O–H groups in total. The molecule has 1 aliphatic rings. The highest BCUT2D eigenvalue weighted by Gasteiger charge is 2.37. The molecule has 1 aromatic rings. The Morgan fingerprint density at radius 3 is 2.88 bits per heavy atom. The smallest absolute Gasteiger partial charge is 0.307 e. The van der Waals surface area contributed by atoms with Crippen molar-refractivity contribution >= 4 is 29.2 Å². The summed E-state index contributed by atoms with van der Waals surface area (Å²) in [6.45, 7) is 1.52. The van der Waals surface area contributed by atoms with Crippen molar-refractivity contribution in [3.63, 3.8) is 0 Å². The highest BCUT2D eigenvalue weighted by Crippen LogP contribution is 2.38. The van der Waals surface area contributed by atoms with E-state index in [1.165, 1.54) is 6.92 Å². The summed E-state index contributed by atoms with van der Waals surface area (Å²) in [5.41, 5.74) is 1.31. The van der Waals surface area contributed by atoms with Gasteiger partial charge in [0, 0.05) is 10.7 Å². The number of carboxylic acids is 1. The van der Waals surface area contributed by atoms with E-state index in [9.17, 15) is 9.59 Å². The van der Waals surface area contributed by atoms with Gasteiger partial charge in [-0.05, 0) is 17.7 Å². The largest absolute Gasteiger partial charge is 0.481 e. The van der Waals surface area contributed by atoms with E-state index in [0.717, 1.165) is 0 Å². The molecular weight excluding hydrogens is 230 g/mol. The van der Waals surface area contributed by atoms with Crippen LogP contribution in [0.2, 0.25) is 5.02 Å². The van der Waals surface area contributed by atoms with Crippen LogP contribution >= 0.6 is 11.6 Å². The Morgan fingerprint density at radius 1 is 1.56 bits per heavy atom. The lowest BCUT2D eigenvalue weighted by atomic mass is 9.88. The first-order valence-electron chi connectivity index (χ1n) is 4.84. The van der Waals surface area contributed by atoms with Crippen molar-refractivity contribution in [1.82, 2.24) is 0 Å². The molecule has 0 bridgehead atoms. The summed E-state index contributed by atoms with van der Waals surface area (Å²) in [7, 11) is 0. The van der Waals surface area contributed by atoms with Crippen molar-refractivity contribution in [2.45, 2.75) is 12.8 Å². The summed E-state index contributed by atoms with van der Waals surface area (Å²) >= 11 is 5.79. The van der Waals surface area contributed by atoms with Crippen molar-refractivity contribution in [2.75, 3.05) is 5.32 Å². The molecule has 2 unspecified atom stereocenters. The van der Waals surface area contributed by atoms with Crippen molar-refractivity contribution in [2.24, 2.45) is 5.92 Å². The molecule has 1 amide bonds. The van der Waals surface area contributed by atoms with Crippen LogP contribution in [-0.4, -0.2) is 17.0 Å². The average Bonchev–Trinajstić information content (AvgIpc) is 2.51. The van der Waals surface area contributed by atoms with E-state index in [1.54, 1.807) is 18.2 Å². The van der Waals surface area contributed by atoms with Gasteiger partial charge in [0.1, 0.15) is 0 Å². The number of halogens is 1. The number of carbonyl (C=O) groups excluding carboxylic acids is 1. The Labute approximate surface area is 97.2 Å². The minimum absolute atomic E-state index is 0.285. The molecule has 1 aliphatic heterocycles. The topological polar surface area (TPSA) is 66.4 Å². The van der Waals surface area contributed by atoms with Gasteiger partial charge in [-0.1, -0.05) is 24.6 Å². The van der Waals surface area contributed by atoms with Gasteiger partial charge in [-0.15, -0.1) is 0 Å². The summed E-state index contributed by atoms with van der Waals surface area (Å²) in [6, 6.07) is 4.98. The van der Waals surface area contributed by atoms with Crippen molar-refractivity contribution in [3.05, 3.63) is 28.8 Å². The Bertz CT molecular complexity index is 472. The van der Waals surface area contributed by atoms with E-state index in [2.05, 4.69) is 5.32 Å². The zero-order valence-electron chi connectivity index (χ0n) is 8.53. The number of carboxylic acid groups (broad SMARTS) is 1. The molecule has 0 saturated carbocycles. The van der Waals surface area contributed by atoms with E-state index in [-0.39, 0.29) is 5.91 Å². The summed E-state index contributed by atoms with van der Waals surface area (Å²) < 4.78 is 0. The molecule has 4 nitrogen and oxygen atoms in total. The number of fused-ring (bicyclic) bond motifs is 1. The van der Waals surface area contributed by atoms with E-state index in [4.69, 9.17) is 16.7 Å². The van der Waals surface area contributed by atoms with Crippen molar-refractivity contribution in [3.8, 4) is 0 Å². The lowest BCUT2D eigenvalue weighted by Gasteiger charge is -2.13. The molecule has 1 aromatic carbocycles. The first-order valence-corrected chi connectivity index (χ1v) is 5.21. The molecule has 0 radical (unpaired) electrons. The lowest BCUT2D eigenvalue weighted by Crippen LogP contribution is -2.24. The number of benzene rings is 1. The Hall–Kier alpha value is -1.55. The molecule has 2 atom stereocenters. The molecule has 16 heavy (non-hydrogen) atoms. The fraction of sp³-hybridized carbons (Fsp3) is 0.273. The maximum Gasteiger partial charge on any atom is 0.307 e. The van der Waals surface area contributed by atoms with Crippen LogP contribution in [0.1, 0.15) is 18.4 Å². The standard InChI is InChI=1S/C11H10ClNO3/c1-5(11(15)16)9-7-3-2-6(12)4-8(7)13-10(9)14/h2-5,9H,1H3,(H,13,14)(H,15,16). The third-order valence-corrected chi connectivity index (χ3v) is 3.02. The SMILES string of the molecule is CC(C(=O)O)C1C(=O)Nc2cc(Cl)ccc21. The molecule has 0 aliphatic carbocycles. The fourth-order valence-corrected chi connectivity index (χ4v) is 2.07. The third kappa shape index (κ3) is 1.65. The number of hydrogen-bond donors (Lipinski definition) is 2. The molecule has 0 aromatic heterocycles. The number of rotatable bonds is 2. The number of hydrogen-bond acceptors (Lipinski definition) is 2. The normalized spacial score (nSPS) is 20.1. The second kappa shape index (κ2) is 3.79. The average molecular weight is 240 g/mol. The predicted molar refractivity (Wildman–Crippen MR) is 59.6 cm³/mol. The quantitative estimate of drug-likeness (QED) is 0.831. The number of carbonyl (C=O) groups is 2. The predicted octanol–water partition coefficient (Wildman–Crippen LogP) is 2.10. The van der Waals surface area contributed by atoms with Gasteiger partial charge in [-0.3, -0.25) is 9.59 Å². The highest BCUT2D eigenvalue weighted by molar-refractivity contribution is 6.31. The first kappa shape index (κ1) is 11.0. The van der Waals surface area contributed by atoms with Crippen LogP contribution < -0.4 is 5.32 Å². The Morgan fingerprint density at radius 2 is 2.25 bits per heavy atom. The highest BCUT2D eigenvalue weighted by atomic mass is 35.5. The van der Waals surface area contributed by atoms with Gasteiger partial charge in [0.2, 0.25) is 5.91 Å². The zero-order valence-corrected chi connectivity index (χ0v) is 9.28. The molecular formula is C11H10ClNO3. The van der Waals surface area contributed by atoms with Crippen LogP contribution in [0.4, 0.5) is 5.69 Å². The van der Waals surface area contributed by atoms with Gasteiger partial charge in [0.05, 0.1) is 11.8 Å². The van der Waals surface area contributed by atoms with Gasteiger partial charge in [0.15, 0.2) is 0 Å². The monoisotopic (exact) mass is 239 g/mol. The maximum atomic E-state index is 11.7. The Balaban J connectivity index is 2.44. The lowest BCUT2D eigenvalue weighted by molar-refractivity contribution is -0.143. The molecule has 5 heteroatoms. The third-order valence-electron chi connectivity index (χ3n) is 2.78. The van der Waals surface area contributed by atoms with Crippen LogP contribution in [0, 0.1) is 5.92 Å². The molecule has 84 valence electrons. The van der Waals surface area contributed by atoms with Crippen molar-refractivity contribution < 1.29 is 14.7 Å². The van der Waals surface area contributed by atoms with E-state index >= 15 is 0 Å². The van der Waals surface area contributed by atoms with Crippen LogP contribution in [0.15, 0.2) is 18.2 Å². The molecule has 0 spiro atoms. The van der Waals surface area contributed by atoms with Crippen LogP contribution in [0.5, 0.6) is 0 Å². The zero-order chi connectivity index (χ0) is 11.9. The van der Waals surface area contributed by atoms with Crippen LogP contribution in [0.3, 0.4) is 0 Å². The summed E-state index contributed by atoms with van der Waals surface area (Å²) in [5.74, 6) is -2.65. The molecule has 2 rings (SSSR count). The first-order chi connectivity index (χ1) is 7.50. The summed E-state index contributed by atoms with van der Waals surface area (Å²) in [5, 5.41) is 12.1. The van der Waals surface area contributed by atoms with E-state index in [1.807, 2.05) is 0 Å².